The topological polar surface area (TPSA) is 75.7 Å². The Morgan fingerprint density at radius 3 is 2.28 bits per heavy atom. The van der Waals surface area contributed by atoms with Gasteiger partial charge < -0.3 is 9.64 Å². The normalized spacial score (nSPS) is 16.2. The summed E-state index contributed by atoms with van der Waals surface area (Å²) in [6.07, 6.45) is 0.370. The Hall–Kier alpha value is -2.45. The number of rotatable bonds is 7. The van der Waals surface area contributed by atoms with E-state index in [-0.39, 0.29) is 16.8 Å². The summed E-state index contributed by atoms with van der Waals surface area (Å²) < 4.78 is 46.6. The number of benzene rings is 2. The number of halogens is 1. The van der Waals surface area contributed by atoms with Gasteiger partial charge in [-0.25, -0.2) is 17.5 Å². The van der Waals surface area contributed by atoms with E-state index < -0.39 is 21.9 Å². The van der Waals surface area contributed by atoms with Crippen LogP contribution in [0.2, 0.25) is 0 Å². The van der Waals surface area contributed by atoms with Crippen LogP contribution in [0.1, 0.15) is 50.7 Å². The number of hydrogen-bond donors (Lipinski definition) is 1. The number of sulfonamides is 1. The Kier molecular flexibility index (Phi) is 7.56. The van der Waals surface area contributed by atoms with Crippen molar-refractivity contribution in [1.29, 1.82) is 0 Å². The minimum Gasteiger partial charge on any atom is -0.481 e. The van der Waals surface area contributed by atoms with Crippen LogP contribution in [0.4, 0.5) is 4.39 Å². The van der Waals surface area contributed by atoms with Crippen molar-refractivity contribution >= 4 is 15.9 Å². The van der Waals surface area contributed by atoms with Gasteiger partial charge in [0.15, 0.2) is 6.10 Å². The van der Waals surface area contributed by atoms with Gasteiger partial charge in [-0.1, -0.05) is 19.9 Å². The molecule has 1 amide bonds. The maximum atomic E-state index is 13.1. The van der Waals surface area contributed by atoms with E-state index in [0.717, 1.165) is 17.7 Å². The number of nitrogens with one attached hydrogen (secondary N) is 1. The molecule has 32 heavy (non-hydrogen) atoms. The van der Waals surface area contributed by atoms with E-state index in [1.54, 1.807) is 11.8 Å². The highest BCUT2D eigenvalue weighted by molar-refractivity contribution is 7.89. The largest absolute Gasteiger partial charge is 0.481 e. The van der Waals surface area contributed by atoms with Crippen molar-refractivity contribution in [3.8, 4) is 5.75 Å². The lowest BCUT2D eigenvalue weighted by atomic mass is 9.98. The summed E-state index contributed by atoms with van der Waals surface area (Å²) >= 11 is 0. The molecule has 1 unspecified atom stereocenters. The second-order valence-corrected chi connectivity index (χ2v) is 10.3. The van der Waals surface area contributed by atoms with Crippen LogP contribution >= 0.6 is 0 Å². The van der Waals surface area contributed by atoms with E-state index in [4.69, 9.17) is 4.74 Å². The van der Waals surface area contributed by atoms with Crippen LogP contribution in [-0.4, -0.2) is 44.5 Å². The van der Waals surface area contributed by atoms with E-state index in [2.05, 4.69) is 18.6 Å². The quantitative estimate of drug-likeness (QED) is 0.675. The summed E-state index contributed by atoms with van der Waals surface area (Å²) in [6, 6.07) is 10.3. The van der Waals surface area contributed by atoms with Crippen molar-refractivity contribution < 1.29 is 22.3 Å². The third-order valence-corrected chi connectivity index (χ3v) is 7.31. The molecule has 0 spiro atoms. The maximum absolute atomic E-state index is 13.1. The van der Waals surface area contributed by atoms with Gasteiger partial charge in [0.1, 0.15) is 11.6 Å². The van der Waals surface area contributed by atoms with Crippen LogP contribution in [0, 0.1) is 12.7 Å². The lowest BCUT2D eigenvalue weighted by molar-refractivity contribution is -0.139. The van der Waals surface area contributed by atoms with Gasteiger partial charge in [-0.2, -0.15) is 0 Å². The molecule has 0 aromatic heterocycles. The number of carbonyl (C=O) groups is 1. The fraction of sp³-hybridized carbons (Fsp3) is 0.458. The van der Waals surface area contributed by atoms with Crippen molar-refractivity contribution in [2.75, 3.05) is 13.1 Å². The van der Waals surface area contributed by atoms with E-state index in [1.165, 1.54) is 17.7 Å². The number of carbonyl (C=O) groups excluding carboxylic acids is 1. The van der Waals surface area contributed by atoms with Crippen molar-refractivity contribution in [3.63, 3.8) is 0 Å². The first kappa shape index (κ1) is 24.2. The highest BCUT2D eigenvalue weighted by atomic mass is 32.2. The molecule has 0 bridgehead atoms. The standard InChI is InChI=1S/C24H31FN2O4S/c1-16(2)23-10-7-21(15-17(23)3)31-18(4)24(28)27-13-11-20(12-14-27)26-32(29,30)22-8-5-19(25)6-9-22/h5-10,15-16,18,20,26H,11-14H2,1-4H3. The molecule has 1 aliphatic rings. The number of ether oxygens (including phenoxy) is 1. The van der Waals surface area contributed by atoms with Gasteiger partial charge >= 0.3 is 0 Å². The number of aryl methyl sites for hydroxylation is 1. The van der Waals surface area contributed by atoms with Crippen molar-refractivity contribution in [2.45, 2.75) is 63.5 Å². The Bertz CT molecular complexity index is 1050. The predicted molar refractivity (Wildman–Crippen MR) is 122 cm³/mol. The SMILES string of the molecule is Cc1cc(OC(C)C(=O)N2CCC(NS(=O)(=O)c3ccc(F)cc3)CC2)ccc1C(C)C. The number of nitrogens with zero attached hydrogens (tertiary/aromatic N) is 1. The van der Waals surface area contributed by atoms with Gasteiger partial charge in [-0.3, -0.25) is 4.79 Å². The molecular weight excluding hydrogens is 431 g/mol. The predicted octanol–water partition coefficient (Wildman–Crippen LogP) is 3.99. The smallest absolute Gasteiger partial charge is 0.263 e. The molecule has 1 atom stereocenters. The molecule has 2 aromatic carbocycles. The van der Waals surface area contributed by atoms with Gasteiger partial charge in [-0.05, 0) is 80.1 Å². The zero-order valence-corrected chi connectivity index (χ0v) is 19.8. The van der Waals surface area contributed by atoms with Crippen LogP contribution in [0.5, 0.6) is 5.75 Å². The van der Waals surface area contributed by atoms with E-state index in [0.29, 0.717) is 37.6 Å². The maximum Gasteiger partial charge on any atom is 0.263 e. The first-order valence-electron chi connectivity index (χ1n) is 10.9. The molecule has 1 N–H and O–H groups in total. The summed E-state index contributed by atoms with van der Waals surface area (Å²) in [5, 5.41) is 0. The summed E-state index contributed by atoms with van der Waals surface area (Å²) in [6.45, 7) is 8.92. The number of amides is 1. The lowest BCUT2D eigenvalue weighted by Crippen LogP contribution is -2.49. The Morgan fingerprint density at radius 1 is 1.09 bits per heavy atom. The Balaban J connectivity index is 1.53. The number of piperidine rings is 1. The van der Waals surface area contributed by atoms with Crippen molar-refractivity contribution in [1.82, 2.24) is 9.62 Å². The molecule has 1 heterocycles. The van der Waals surface area contributed by atoms with Crippen molar-refractivity contribution in [3.05, 3.63) is 59.4 Å². The highest BCUT2D eigenvalue weighted by Gasteiger charge is 2.29. The molecule has 2 aromatic rings. The first-order chi connectivity index (χ1) is 15.1. The monoisotopic (exact) mass is 462 g/mol. The number of hydrogen-bond acceptors (Lipinski definition) is 4. The summed E-state index contributed by atoms with van der Waals surface area (Å²) in [5.74, 6) is 0.480. The fourth-order valence-electron chi connectivity index (χ4n) is 4.00. The van der Waals surface area contributed by atoms with E-state index >= 15 is 0 Å². The molecule has 174 valence electrons. The third kappa shape index (κ3) is 5.86. The summed E-state index contributed by atoms with van der Waals surface area (Å²) in [7, 11) is -3.73. The molecule has 3 rings (SSSR count). The number of likely N-dealkylation sites (tertiary alicyclic amines) is 1. The molecule has 6 nitrogen and oxygen atoms in total. The van der Waals surface area contributed by atoms with E-state index in [9.17, 15) is 17.6 Å². The molecular formula is C24H31FN2O4S. The van der Waals surface area contributed by atoms with Crippen LogP contribution in [0.3, 0.4) is 0 Å². The zero-order chi connectivity index (χ0) is 23.5. The highest BCUT2D eigenvalue weighted by Crippen LogP contribution is 2.25. The summed E-state index contributed by atoms with van der Waals surface area (Å²) in [5.41, 5.74) is 2.38. The molecule has 1 aliphatic heterocycles. The van der Waals surface area contributed by atoms with Gasteiger partial charge in [0, 0.05) is 19.1 Å². The average Bonchev–Trinajstić information content (AvgIpc) is 2.73. The second-order valence-electron chi connectivity index (χ2n) is 8.61. The Morgan fingerprint density at radius 2 is 1.72 bits per heavy atom. The van der Waals surface area contributed by atoms with Crippen LogP contribution < -0.4 is 9.46 Å². The molecule has 0 saturated carbocycles. The van der Waals surface area contributed by atoms with Crippen LogP contribution in [-0.2, 0) is 14.8 Å². The lowest BCUT2D eigenvalue weighted by Gasteiger charge is -2.33. The first-order valence-corrected chi connectivity index (χ1v) is 12.4. The minimum absolute atomic E-state index is 0.0261. The second kappa shape index (κ2) is 10.0. The molecule has 0 radical (unpaired) electrons. The van der Waals surface area contributed by atoms with Crippen molar-refractivity contribution in [2.24, 2.45) is 0 Å². The third-order valence-electron chi connectivity index (χ3n) is 5.78. The van der Waals surface area contributed by atoms with Gasteiger partial charge in [0.2, 0.25) is 10.0 Å². The van der Waals surface area contributed by atoms with Gasteiger partial charge in [0.05, 0.1) is 4.90 Å². The van der Waals surface area contributed by atoms with Gasteiger partial charge in [-0.15, -0.1) is 0 Å². The summed E-state index contributed by atoms with van der Waals surface area (Å²) in [4.78, 5) is 14.6. The van der Waals surface area contributed by atoms with Crippen LogP contribution in [0.25, 0.3) is 0 Å². The fourth-order valence-corrected chi connectivity index (χ4v) is 5.30. The average molecular weight is 463 g/mol. The Labute approximate surface area is 189 Å². The zero-order valence-electron chi connectivity index (χ0n) is 19.0. The minimum atomic E-state index is -3.73. The molecule has 1 saturated heterocycles. The van der Waals surface area contributed by atoms with Gasteiger partial charge in [0.25, 0.3) is 5.91 Å². The van der Waals surface area contributed by atoms with E-state index in [1.807, 2.05) is 25.1 Å². The molecule has 0 aliphatic carbocycles. The molecule has 1 fully saturated rings. The molecule has 8 heteroatoms. The van der Waals surface area contributed by atoms with Crippen LogP contribution in [0.15, 0.2) is 47.4 Å².